The molecule has 4 fully saturated rings. The fourth-order valence-corrected chi connectivity index (χ4v) is 5.46. The molecule has 4 aliphatic rings. The lowest BCUT2D eigenvalue weighted by Crippen LogP contribution is -2.63. The van der Waals surface area contributed by atoms with Crippen molar-refractivity contribution in [3.63, 3.8) is 0 Å². The summed E-state index contributed by atoms with van der Waals surface area (Å²) in [5, 5.41) is 3.49. The summed E-state index contributed by atoms with van der Waals surface area (Å²) in [6.07, 6.45) is 10.6. The number of hydrogen-bond donors (Lipinski definition) is 1. The van der Waals surface area contributed by atoms with Gasteiger partial charge in [0, 0.05) is 0 Å². The third-order valence-corrected chi connectivity index (χ3v) is 5.34. The summed E-state index contributed by atoms with van der Waals surface area (Å²) < 4.78 is 0. The van der Waals surface area contributed by atoms with E-state index in [1.807, 2.05) is 0 Å². The average molecular weight is 235 g/mol. The van der Waals surface area contributed by atoms with Crippen LogP contribution in [0.5, 0.6) is 0 Å². The van der Waals surface area contributed by atoms with Crippen LogP contribution >= 0.6 is 0 Å². The largest absolute Gasteiger partial charge is 0.317 e. The minimum atomic E-state index is 0.543. The van der Waals surface area contributed by atoms with E-state index in [2.05, 4.69) is 26.1 Å². The molecule has 1 nitrogen and oxygen atoms in total. The van der Waals surface area contributed by atoms with Crippen LogP contribution in [0.4, 0.5) is 0 Å². The van der Waals surface area contributed by atoms with Crippen molar-refractivity contribution in [3.05, 3.63) is 0 Å². The molecular formula is C16H29N. The molecule has 1 heterocycles. The second-order valence-corrected chi connectivity index (χ2v) is 8.67. The summed E-state index contributed by atoms with van der Waals surface area (Å²) in [6.45, 7) is 9.77. The van der Waals surface area contributed by atoms with Crippen LogP contribution in [-0.2, 0) is 0 Å². The van der Waals surface area contributed by atoms with Crippen LogP contribution in [0.15, 0.2) is 0 Å². The van der Waals surface area contributed by atoms with E-state index in [0.29, 0.717) is 5.41 Å². The SMILES string of the molecule is CC(C)(C)CC12CC(CC3CCNCC3)(C1)C2. The van der Waals surface area contributed by atoms with Gasteiger partial charge in [-0.3, -0.25) is 0 Å². The van der Waals surface area contributed by atoms with Crippen LogP contribution in [0.3, 0.4) is 0 Å². The Hall–Kier alpha value is -0.0400. The molecular weight excluding hydrogens is 206 g/mol. The van der Waals surface area contributed by atoms with Gasteiger partial charge in [-0.15, -0.1) is 0 Å². The molecule has 1 saturated heterocycles. The summed E-state index contributed by atoms with van der Waals surface area (Å²) in [6, 6.07) is 0. The fraction of sp³-hybridized carbons (Fsp3) is 1.00. The maximum Gasteiger partial charge on any atom is -0.00463 e. The summed E-state index contributed by atoms with van der Waals surface area (Å²) in [4.78, 5) is 0. The van der Waals surface area contributed by atoms with Crippen molar-refractivity contribution in [1.29, 1.82) is 0 Å². The Morgan fingerprint density at radius 1 is 1.00 bits per heavy atom. The molecule has 3 saturated carbocycles. The quantitative estimate of drug-likeness (QED) is 0.780. The minimum Gasteiger partial charge on any atom is -0.317 e. The summed E-state index contributed by atoms with van der Waals surface area (Å²) in [5.41, 5.74) is 2.17. The molecule has 0 amide bonds. The molecule has 0 aromatic heterocycles. The van der Waals surface area contributed by atoms with Gasteiger partial charge in [0.05, 0.1) is 0 Å². The van der Waals surface area contributed by atoms with Crippen LogP contribution in [0.25, 0.3) is 0 Å². The molecule has 1 N–H and O–H groups in total. The Balaban J connectivity index is 1.48. The van der Waals surface area contributed by atoms with E-state index in [0.717, 1.165) is 16.7 Å². The molecule has 1 aliphatic heterocycles. The molecule has 4 rings (SSSR count). The van der Waals surface area contributed by atoms with Gasteiger partial charge in [-0.2, -0.15) is 0 Å². The first-order valence-corrected chi connectivity index (χ1v) is 7.61. The third-order valence-electron chi connectivity index (χ3n) is 5.34. The first-order chi connectivity index (χ1) is 7.91. The molecule has 3 aliphatic carbocycles. The minimum absolute atomic E-state index is 0.543. The van der Waals surface area contributed by atoms with Crippen LogP contribution in [0, 0.1) is 22.2 Å². The zero-order valence-corrected chi connectivity index (χ0v) is 11.9. The Bertz CT molecular complexity index is 273. The molecule has 0 aromatic rings. The van der Waals surface area contributed by atoms with Gasteiger partial charge in [0.25, 0.3) is 0 Å². The zero-order valence-electron chi connectivity index (χ0n) is 11.9. The predicted octanol–water partition coefficient (Wildman–Crippen LogP) is 3.98. The molecule has 0 spiro atoms. The lowest BCUT2D eigenvalue weighted by molar-refractivity contribution is -0.229. The van der Waals surface area contributed by atoms with Gasteiger partial charge >= 0.3 is 0 Å². The smallest absolute Gasteiger partial charge is 0.00463 e. The van der Waals surface area contributed by atoms with Crippen molar-refractivity contribution in [2.24, 2.45) is 22.2 Å². The van der Waals surface area contributed by atoms with E-state index < -0.39 is 0 Å². The van der Waals surface area contributed by atoms with Crippen LogP contribution in [0.1, 0.15) is 65.7 Å². The second kappa shape index (κ2) is 3.73. The summed E-state index contributed by atoms with van der Waals surface area (Å²) in [5.74, 6) is 1.05. The fourth-order valence-electron chi connectivity index (χ4n) is 5.46. The van der Waals surface area contributed by atoms with Crippen molar-refractivity contribution in [1.82, 2.24) is 5.32 Å². The normalized spacial score (nSPS) is 41.8. The molecule has 2 bridgehead atoms. The molecule has 0 atom stereocenters. The molecule has 0 aromatic carbocycles. The highest BCUT2D eigenvalue weighted by Crippen LogP contribution is 2.78. The van der Waals surface area contributed by atoms with Crippen molar-refractivity contribution >= 4 is 0 Å². The first kappa shape index (κ1) is 12.0. The molecule has 0 unspecified atom stereocenters. The van der Waals surface area contributed by atoms with Crippen LogP contribution in [-0.4, -0.2) is 13.1 Å². The topological polar surface area (TPSA) is 12.0 Å². The standard InChI is InChI=1S/C16H29N/c1-14(2,3)9-16-10-15(11-16,12-16)8-13-4-6-17-7-5-13/h13,17H,4-12H2,1-3H3. The lowest BCUT2D eigenvalue weighted by Gasteiger charge is -2.73. The highest BCUT2D eigenvalue weighted by molar-refractivity contribution is 5.17. The zero-order chi connectivity index (χ0) is 12.1. The number of piperidine rings is 1. The number of hydrogen-bond acceptors (Lipinski definition) is 1. The van der Waals surface area contributed by atoms with E-state index in [-0.39, 0.29) is 0 Å². The van der Waals surface area contributed by atoms with E-state index in [1.54, 1.807) is 25.7 Å². The summed E-state index contributed by atoms with van der Waals surface area (Å²) in [7, 11) is 0. The predicted molar refractivity (Wildman–Crippen MR) is 73.0 cm³/mol. The van der Waals surface area contributed by atoms with Crippen molar-refractivity contribution in [2.45, 2.75) is 65.7 Å². The van der Waals surface area contributed by atoms with Gasteiger partial charge < -0.3 is 5.32 Å². The maximum absolute atomic E-state index is 3.49. The Morgan fingerprint density at radius 3 is 2.12 bits per heavy atom. The number of nitrogens with one attached hydrogen (secondary N) is 1. The van der Waals surface area contributed by atoms with E-state index in [4.69, 9.17) is 0 Å². The van der Waals surface area contributed by atoms with E-state index >= 15 is 0 Å². The third kappa shape index (κ3) is 2.28. The molecule has 1 heteroatoms. The van der Waals surface area contributed by atoms with Gasteiger partial charge in [-0.25, -0.2) is 0 Å². The Morgan fingerprint density at radius 2 is 1.59 bits per heavy atom. The van der Waals surface area contributed by atoms with E-state index in [1.165, 1.54) is 32.4 Å². The molecule has 98 valence electrons. The van der Waals surface area contributed by atoms with Gasteiger partial charge in [0.1, 0.15) is 0 Å². The second-order valence-electron chi connectivity index (χ2n) is 8.67. The molecule has 0 radical (unpaired) electrons. The molecule has 17 heavy (non-hydrogen) atoms. The first-order valence-electron chi connectivity index (χ1n) is 7.61. The van der Waals surface area contributed by atoms with Gasteiger partial charge in [-0.1, -0.05) is 20.8 Å². The lowest BCUT2D eigenvalue weighted by atomic mass is 9.31. The van der Waals surface area contributed by atoms with Gasteiger partial charge in [0.2, 0.25) is 0 Å². The highest BCUT2D eigenvalue weighted by atomic mass is 14.9. The summed E-state index contributed by atoms with van der Waals surface area (Å²) >= 11 is 0. The highest BCUT2D eigenvalue weighted by Gasteiger charge is 2.67. The Labute approximate surface area is 107 Å². The average Bonchev–Trinajstić information content (AvgIpc) is 2.12. The van der Waals surface area contributed by atoms with Crippen molar-refractivity contribution in [3.8, 4) is 0 Å². The maximum atomic E-state index is 3.49. The number of rotatable bonds is 3. The Kier molecular flexibility index (Phi) is 2.63. The monoisotopic (exact) mass is 235 g/mol. The van der Waals surface area contributed by atoms with Crippen molar-refractivity contribution < 1.29 is 0 Å². The van der Waals surface area contributed by atoms with Crippen LogP contribution in [0.2, 0.25) is 0 Å². The van der Waals surface area contributed by atoms with Crippen LogP contribution < -0.4 is 5.32 Å². The van der Waals surface area contributed by atoms with E-state index in [9.17, 15) is 0 Å². The van der Waals surface area contributed by atoms with Gasteiger partial charge in [0.15, 0.2) is 0 Å². The van der Waals surface area contributed by atoms with Gasteiger partial charge in [-0.05, 0) is 80.2 Å². The van der Waals surface area contributed by atoms with Crippen molar-refractivity contribution in [2.75, 3.05) is 13.1 Å².